The van der Waals surface area contributed by atoms with Gasteiger partial charge in [0.1, 0.15) is 11.6 Å². The largest absolute Gasteiger partial charge is 0.306 e. The topological polar surface area (TPSA) is 83.6 Å². The number of amides is 1. The molecule has 3 rings (SSSR count). The second-order valence-electron chi connectivity index (χ2n) is 5.35. The monoisotopic (exact) mass is 329 g/mol. The van der Waals surface area contributed by atoms with Gasteiger partial charge in [-0.15, -0.1) is 0 Å². The number of nitriles is 1. The number of aromatic nitrogens is 3. The second kappa shape index (κ2) is 7.23. The molecule has 0 saturated carbocycles. The minimum Gasteiger partial charge on any atom is -0.306 e. The summed E-state index contributed by atoms with van der Waals surface area (Å²) < 4.78 is 1.43. The molecule has 3 aromatic rings. The lowest BCUT2D eigenvalue weighted by Gasteiger charge is -2.07. The Labute approximate surface area is 145 Å². The average molecular weight is 329 g/mol. The summed E-state index contributed by atoms with van der Waals surface area (Å²) in [6.07, 6.45) is 6.14. The van der Waals surface area contributed by atoms with E-state index < -0.39 is 0 Å². The third-order valence-electron chi connectivity index (χ3n) is 3.50. The van der Waals surface area contributed by atoms with Gasteiger partial charge in [-0.3, -0.25) is 4.79 Å². The summed E-state index contributed by atoms with van der Waals surface area (Å²) in [6, 6.07) is 15.2. The van der Waals surface area contributed by atoms with Crippen molar-refractivity contribution in [1.29, 1.82) is 5.26 Å². The van der Waals surface area contributed by atoms with Crippen LogP contribution in [0.3, 0.4) is 0 Å². The lowest BCUT2D eigenvalue weighted by atomic mass is 10.1. The molecule has 0 atom stereocenters. The Morgan fingerprint density at radius 1 is 1.24 bits per heavy atom. The van der Waals surface area contributed by atoms with Crippen molar-refractivity contribution < 1.29 is 4.79 Å². The number of pyridine rings is 1. The van der Waals surface area contributed by atoms with Crippen LogP contribution in [0.15, 0.2) is 60.9 Å². The quantitative estimate of drug-likeness (QED) is 0.746. The molecule has 0 fully saturated rings. The normalized spacial score (nSPS) is 10.6. The van der Waals surface area contributed by atoms with Gasteiger partial charge in [0.25, 0.3) is 0 Å². The van der Waals surface area contributed by atoms with E-state index in [2.05, 4.69) is 15.4 Å². The van der Waals surface area contributed by atoms with Crippen LogP contribution in [0.1, 0.15) is 16.7 Å². The van der Waals surface area contributed by atoms with E-state index in [-0.39, 0.29) is 11.5 Å². The highest BCUT2D eigenvalue weighted by molar-refractivity contribution is 6.02. The summed E-state index contributed by atoms with van der Waals surface area (Å²) in [4.78, 5) is 16.4. The lowest BCUT2D eigenvalue weighted by Crippen LogP contribution is -2.13. The molecule has 1 amide bonds. The molecule has 0 bridgehead atoms. The summed E-state index contributed by atoms with van der Waals surface area (Å²) in [5, 5.41) is 16.1. The van der Waals surface area contributed by atoms with Crippen LogP contribution in [-0.4, -0.2) is 20.7 Å². The highest BCUT2D eigenvalue weighted by atomic mass is 16.1. The van der Waals surface area contributed by atoms with Gasteiger partial charge in [0, 0.05) is 12.3 Å². The minimum absolute atomic E-state index is 0.266. The van der Waals surface area contributed by atoms with Crippen LogP contribution in [-0.2, 0) is 4.79 Å². The van der Waals surface area contributed by atoms with Crippen molar-refractivity contribution in [3.05, 3.63) is 77.6 Å². The molecule has 0 spiro atoms. The first-order valence-corrected chi connectivity index (χ1v) is 7.62. The predicted octanol–water partition coefficient (Wildman–Crippen LogP) is 3.10. The Hall–Kier alpha value is -3.72. The maximum absolute atomic E-state index is 12.2. The smallest absolute Gasteiger partial charge is 0.249 e. The SMILES string of the molecule is Cc1ccc(/C=C/C(=O)Nc2c(C#N)cnn2-c2ccccn2)cc1. The molecule has 0 radical (unpaired) electrons. The number of hydrogen-bond donors (Lipinski definition) is 1. The fraction of sp³-hybridized carbons (Fsp3) is 0.0526. The van der Waals surface area contributed by atoms with E-state index in [1.165, 1.54) is 17.0 Å². The van der Waals surface area contributed by atoms with Gasteiger partial charge in [0.15, 0.2) is 11.6 Å². The van der Waals surface area contributed by atoms with Gasteiger partial charge >= 0.3 is 0 Å². The molecular weight excluding hydrogens is 314 g/mol. The maximum atomic E-state index is 12.2. The zero-order valence-corrected chi connectivity index (χ0v) is 13.5. The summed E-state index contributed by atoms with van der Waals surface area (Å²) in [5.41, 5.74) is 2.33. The lowest BCUT2D eigenvalue weighted by molar-refractivity contribution is -0.111. The zero-order chi connectivity index (χ0) is 17.6. The van der Waals surface area contributed by atoms with Crippen molar-refractivity contribution in [1.82, 2.24) is 14.8 Å². The Morgan fingerprint density at radius 2 is 2.04 bits per heavy atom. The fourth-order valence-electron chi connectivity index (χ4n) is 2.21. The van der Waals surface area contributed by atoms with Gasteiger partial charge in [-0.05, 0) is 30.7 Å². The number of carbonyl (C=O) groups is 1. The first-order valence-electron chi connectivity index (χ1n) is 7.62. The van der Waals surface area contributed by atoms with E-state index in [1.807, 2.05) is 37.3 Å². The van der Waals surface area contributed by atoms with Crippen molar-refractivity contribution in [2.45, 2.75) is 6.92 Å². The van der Waals surface area contributed by atoms with Crippen molar-refractivity contribution in [2.24, 2.45) is 0 Å². The van der Waals surface area contributed by atoms with E-state index in [9.17, 15) is 10.1 Å². The Bertz CT molecular complexity index is 950. The van der Waals surface area contributed by atoms with Crippen LogP contribution in [0.4, 0.5) is 5.82 Å². The standard InChI is InChI=1S/C19H15N5O/c1-14-5-7-15(8-6-14)9-10-18(25)23-19-16(12-20)13-22-24(19)17-4-2-3-11-21-17/h2-11,13H,1H3,(H,23,25)/b10-9+. The molecule has 0 aliphatic carbocycles. The summed E-state index contributed by atoms with van der Waals surface area (Å²) in [6.45, 7) is 2.00. The first-order chi connectivity index (χ1) is 12.2. The summed E-state index contributed by atoms with van der Waals surface area (Å²) >= 11 is 0. The molecule has 0 saturated heterocycles. The molecule has 6 nitrogen and oxygen atoms in total. The summed E-state index contributed by atoms with van der Waals surface area (Å²) in [7, 11) is 0. The van der Waals surface area contributed by atoms with Gasteiger partial charge in [0.2, 0.25) is 5.91 Å². The molecule has 2 aromatic heterocycles. The van der Waals surface area contributed by atoms with Gasteiger partial charge in [-0.2, -0.15) is 15.0 Å². The zero-order valence-electron chi connectivity index (χ0n) is 13.5. The minimum atomic E-state index is -0.352. The maximum Gasteiger partial charge on any atom is 0.249 e. The third-order valence-corrected chi connectivity index (χ3v) is 3.50. The Kier molecular flexibility index (Phi) is 4.67. The molecule has 25 heavy (non-hydrogen) atoms. The van der Waals surface area contributed by atoms with E-state index >= 15 is 0 Å². The predicted molar refractivity (Wildman–Crippen MR) is 94.9 cm³/mol. The number of benzene rings is 1. The van der Waals surface area contributed by atoms with E-state index in [0.717, 1.165) is 11.1 Å². The number of hydrogen-bond acceptors (Lipinski definition) is 4. The molecule has 0 aliphatic rings. The second-order valence-corrected chi connectivity index (χ2v) is 5.35. The molecule has 0 unspecified atom stereocenters. The number of aryl methyl sites for hydroxylation is 1. The molecule has 6 heteroatoms. The number of anilines is 1. The van der Waals surface area contributed by atoms with Gasteiger partial charge in [-0.25, -0.2) is 4.98 Å². The van der Waals surface area contributed by atoms with Crippen LogP contribution >= 0.6 is 0 Å². The van der Waals surface area contributed by atoms with Gasteiger partial charge in [-0.1, -0.05) is 35.9 Å². The van der Waals surface area contributed by atoms with Crippen LogP contribution < -0.4 is 5.32 Å². The third kappa shape index (κ3) is 3.79. The van der Waals surface area contributed by atoms with Crippen LogP contribution in [0.25, 0.3) is 11.9 Å². The van der Waals surface area contributed by atoms with E-state index in [1.54, 1.807) is 30.5 Å². The molecule has 0 aliphatic heterocycles. The van der Waals surface area contributed by atoms with Crippen molar-refractivity contribution in [2.75, 3.05) is 5.32 Å². The van der Waals surface area contributed by atoms with Crippen molar-refractivity contribution in [3.8, 4) is 11.9 Å². The van der Waals surface area contributed by atoms with Gasteiger partial charge < -0.3 is 5.32 Å². The molecule has 1 N–H and O–H groups in total. The van der Waals surface area contributed by atoms with E-state index in [0.29, 0.717) is 11.6 Å². The van der Waals surface area contributed by atoms with Crippen molar-refractivity contribution in [3.63, 3.8) is 0 Å². The van der Waals surface area contributed by atoms with Crippen LogP contribution in [0, 0.1) is 18.3 Å². The highest BCUT2D eigenvalue weighted by Crippen LogP contribution is 2.18. The number of nitrogens with one attached hydrogen (secondary N) is 1. The Morgan fingerprint density at radius 3 is 2.72 bits per heavy atom. The average Bonchev–Trinajstić information content (AvgIpc) is 3.04. The molecule has 1 aromatic carbocycles. The Balaban J connectivity index is 1.82. The molecular formula is C19H15N5O. The molecule has 122 valence electrons. The van der Waals surface area contributed by atoms with E-state index in [4.69, 9.17) is 0 Å². The summed E-state index contributed by atoms with van der Waals surface area (Å²) in [5.74, 6) is 0.455. The molecule has 2 heterocycles. The van der Waals surface area contributed by atoms with Gasteiger partial charge in [0.05, 0.1) is 6.20 Å². The number of nitrogens with zero attached hydrogens (tertiary/aromatic N) is 4. The number of carbonyl (C=O) groups excluding carboxylic acids is 1. The van der Waals surface area contributed by atoms with Crippen LogP contribution in [0.5, 0.6) is 0 Å². The van der Waals surface area contributed by atoms with Crippen molar-refractivity contribution >= 4 is 17.8 Å². The fourth-order valence-corrected chi connectivity index (χ4v) is 2.21. The highest BCUT2D eigenvalue weighted by Gasteiger charge is 2.14. The van der Waals surface area contributed by atoms with Crippen LogP contribution in [0.2, 0.25) is 0 Å². The first kappa shape index (κ1) is 16.1. The number of rotatable bonds is 4.